The molecule has 0 aromatic heterocycles. The van der Waals surface area contributed by atoms with Gasteiger partial charge in [-0.25, -0.2) is 0 Å². The van der Waals surface area contributed by atoms with Crippen LogP contribution in [0.3, 0.4) is 0 Å². The first-order valence-electron chi connectivity index (χ1n) is 9.14. The van der Waals surface area contributed by atoms with Crippen LogP contribution in [0, 0.1) is 17.2 Å². The number of hydrogen-bond donors (Lipinski definition) is 1. The summed E-state index contributed by atoms with van der Waals surface area (Å²) >= 11 is 4.72. The monoisotopic (exact) mass is 486 g/mol. The number of esters is 1. The molecule has 1 aliphatic heterocycles. The number of carbonyl (C=O) groups excluding carboxylic acids is 2. The molecular formula is C22H19BrN2O4S. The summed E-state index contributed by atoms with van der Waals surface area (Å²) < 4.78 is 11.3. The first-order valence-corrected chi connectivity index (χ1v) is 10.9. The number of nitrogens with one attached hydrogen (secondary N) is 1. The standard InChI is InChI=1S/C22H19BrN2O4S/c1-28-22(27)19-18(14-6-5-7-15(23)12-14)17(13-24)21(25-20(19)26)30-11-10-29-16-8-3-2-4-9-16/h2-9,12,18-19H,10-11H2,1H3,(H,25,26)/t18-,19-/m1/s1. The number of ether oxygens (including phenoxy) is 2. The predicted octanol–water partition coefficient (Wildman–Crippen LogP) is 4.00. The molecule has 30 heavy (non-hydrogen) atoms. The number of thioether (sulfide) groups is 1. The van der Waals surface area contributed by atoms with Crippen molar-refractivity contribution < 1.29 is 19.1 Å². The van der Waals surface area contributed by atoms with E-state index in [2.05, 4.69) is 27.3 Å². The fourth-order valence-corrected chi connectivity index (χ4v) is 4.49. The van der Waals surface area contributed by atoms with Crippen LogP contribution in [-0.4, -0.2) is 31.3 Å². The third-order valence-corrected chi connectivity index (χ3v) is 6.01. The van der Waals surface area contributed by atoms with E-state index in [1.165, 1.54) is 18.9 Å². The third-order valence-electron chi connectivity index (χ3n) is 4.53. The van der Waals surface area contributed by atoms with Gasteiger partial charge in [0.2, 0.25) is 5.91 Å². The highest BCUT2D eigenvalue weighted by atomic mass is 79.9. The number of para-hydroxylation sites is 1. The Bertz CT molecular complexity index is 1000. The summed E-state index contributed by atoms with van der Waals surface area (Å²) in [7, 11) is 1.23. The van der Waals surface area contributed by atoms with Crippen LogP contribution in [0.4, 0.5) is 0 Å². The number of nitriles is 1. The molecular weight excluding hydrogens is 468 g/mol. The topological polar surface area (TPSA) is 88.4 Å². The number of nitrogens with zero attached hydrogens (tertiary/aromatic N) is 1. The number of allylic oxidation sites excluding steroid dienone is 1. The second-order valence-corrected chi connectivity index (χ2v) is 8.41. The number of rotatable bonds is 7. The van der Waals surface area contributed by atoms with Crippen LogP contribution < -0.4 is 10.1 Å². The van der Waals surface area contributed by atoms with E-state index in [-0.39, 0.29) is 0 Å². The molecule has 0 bridgehead atoms. The number of hydrogen-bond acceptors (Lipinski definition) is 6. The lowest BCUT2D eigenvalue weighted by Gasteiger charge is -2.31. The van der Waals surface area contributed by atoms with Crippen molar-refractivity contribution in [2.24, 2.45) is 5.92 Å². The number of benzene rings is 2. The van der Waals surface area contributed by atoms with Gasteiger partial charge in [-0.3, -0.25) is 9.59 Å². The Labute approximate surface area is 187 Å². The Hall–Kier alpha value is -2.76. The van der Waals surface area contributed by atoms with Crippen molar-refractivity contribution in [1.82, 2.24) is 5.32 Å². The fraction of sp³-hybridized carbons (Fsp3) is 0.227. The summed E-state index contributed by atoms with van der Waals surface area (Å²) in [4.78, 5) is 25.2. The summed E-state index contributed by atoms with van der Waals surface area (Å²) in [5.74, 6) is -1.77. The lowest BCUT2D eigenvalue weighted by molar-refractivity contribution is -0.150. The van der Waals surface area contributed by atoms with Gasteiger partial charge in [-0.15, -0.1) is 11.8 Å². The lowest BCUT2D eigenvalue weighted by Crippen LogP contribution is -2.44. The number of methoxy groups -OCH3 is 1. The largest absolute Gasteiger partial charge is 0.493 e. The van der Waals surface area contributed by atoms with Gasteiger partial charge < -0.3 is 14.8 Å². The van der Waals surface area contributed by atoms with Crippen molar-refractivity contribution in [2.45, 2.75) is 5.92 Å². The zero-order valence-electron chi connectivity index (χ0n) is 16.1. The minimum Gasteiger partial charge on any atom is -0.493 e. The van der Waals surface area contributed by atoms with E-state index in [9.17, 15) is 14.9 Å². The molecule has 2 aromatic carbocycles. The van der Waals surface area contributed by atoms with Crippen molar-refractivity contribution >= 4 is 39.6 Å². The Morgan fingerprint density at radius 2 is 2.00 bits per heavy atom. The molecule has 0 unspecified atom stereocenters. The lowest BCUT2D eigenvalue weighted by atomic mass is 9.78. The zero-order chi connectivity index (χ0) is 21.5. The normalized spacial score (nSPS) is 18.4. The molecule has 1 amide bonds. The van der Waals surface area contributed by atoms with Crippen LogP contribution in [0.5, 0.6) is 5.75 Å². The van der Waals surface area contributed by atoms with Gasteiger partial charge in [0.1, 0.15) is 11.7 Å². The van der Waals surface area contributed by atoms with Crippen LogP contribution in [0.15, 0.2) is 69.7 Å². The van der Waals surface area contributed by atoms with E-state index in [0.717, 1.165) is 10.2 Å². The fourth-order valence-electron chi connectivity index (χ4n) is 3.20. The smallest absolute Gasteiger partial charge is 0.319 e. The second-order valence-electron chi connectivity index (χ2n) is 6.39. The molecule has 1 heterocycles. The molecule has 2 aromatic rings. The maximum atomic E-state index is 12.8. The zero-order valence-corrected chi connectivity index (χ0v) is 18.5. The van der Waals surface area contributed by atoms with E-state index >= 15 is 0 Å². The number of amides is 1. The minimum atomic E-state index is -1.14. The van der Waals surface area contributed by atoms with Gasteiger partial charge in [0.15, 0.2) is 0 Å². The summed E-state index contributed by atoms with van der Waals surface area (Å²) in [6.45, 7) is 0.398. The Balaban J connectivity index is 1.86. The van der Waals surface area contributed by atoms with Gasteiger partial charge in [0.05, 0.1) is 30.4 Å². The van der Waals surface area contributed by atoms with Crippen LogP contribution in [0.1, 0.15) is 11.5 Å². The Morgan fingerprint density at radius 3 is 2.67 bits per heavy atom. The highest BCUT2D eigenvalue weighted by Gasteiger charge is 2.44. The summed E-state index contributed by atoms with van der Waals surface area (Å²) in [5.41, 5.74) is 1.01. The maximum Gasteiger partial charge on any atom is 0.319 e. The average Bonchev–Trinajstić information content (AvgIpc) is 2.76. The Kier molecular flexibility index (Phi) is 7.55. The molecule has 0 aliphatic carbocycles. The number of halogens is 1. The number of carbonyl (C=O) groups is 2. The van der Waals surface area contributed by atoms with E-state index in [1.54, 1.807) is 18.2 Å². The molecule has 8 heteroatoms. The average molecular weight is 487 g/mol. The van der Waals surface area contributed by atoms with Gasteiger partial charge in [-0.1, -0.05) is 46.3 Å². The van der Waals surface area contributed by atoms with E-state index in [4.69, 9.17) is 9.47 Å². The maximum absolute atomic E-state index is 12.8. The van der Waals surface area contributed by atoms with Crippen molar-refractivity contribution in [2.75, 3.05) is 19.5 Å². The molecule has 0 radical (unpaired) electrons. The van der Waals surface area contributed by atoms with Crippen LogP contribution in [0.25, 0.3) is 0 Å². The van der Waals surface area contributed by atoms with Crippen molar-refractivity contribution in [3.63, 3.8) is 0 Å². The molecule has 6 nitrogen and oxygen atoms in total. The van der Waals surface area contributed by atoms with E-state index < -0.39 is 23.7 Å². The highest BCUT2D eigenvalue weighted by Crippen LogP contribution is 2.40. The summed E-state index contributed by atoms with van der Waals surface area (Å²) in [6, 6.07) is 18.8. The minimum absolute atomic E-state index is 0.327. The summed E-state index contributed by atoms with van der Waals surface area (Å²) in [5, 5.41) is 13.0. The molecule has 3 rings (SSSR count). The molecule has 154 valence electrons. The molecule has 2 atom stereocenters. The van der Waals surface area contributed by atoms with Gasteiger partial charge in [0.25, 0.3) is 0 Å². The van der Waals surface area contributed by atoms with Crippen molar-refractivity contribution in [3.05, 3.63) is 75.2 Å². The second kappa shape index (κ2) is 10.3. The van der Waals surface area contributed by atoms with Crippen molar-refractivity contribution in [3.8, 4) is 11.8 Å². The highest BCUT2D eigenvalue weighted by molar-refractivity contribution is 9.10. The van der Waals surface area contributed by atoms with Crippen molar-refractivity contribution in [1.29, 1.82) is 5.26 Å². The quantitative estimate of drug-likeness (QED) is 0.361. The van der Waals surface area contributed by atoms with Gasteiger partial charge in [-0.2, -0.15) is 5.26 Å². The first-order chi connectivity index (χ1) is 14.5. The van der Waals surface area contributed by atoms with Gasteiger partial charge in [0, 0.05) is 16.1 Å². The van der Waals surface area contributed by atoms with Crippen LogP contribution in [-0.2, 0) is 14.3 Å². The summed E-state index contributed by atoms with van der Waals surface area (Å²) in [6.07, 6.45) is 0. The van der Waals surface area contributed by atoms with Gasteiger partial charge in [-0.05, 0) is 29.8 Å². The molecule has 0 saturated heterocycles. The van der Waals surface area contributed by atoms with Gasteiger partial charge >= 0.3 is 5.97 Å². The molecule has 1 aliphatic rings. The Morgan fingerprint density at radius 1 is 1.23 bits per heavy atom. The molecule has 0 saturated carbocycles. The SMILES string of the molecule is COC(=O)[C@H]1C(=O)NC(SCCOc2ccccc2)=C(C#N)[C@H]1c1cccc(Br)c1. The van der Waals surface area contributed by atoms with Crippen LogP contribution >= 0.6 is 27.7 Å². The van der Waals surface area contributed by atoms with E-state index in [0.29, 0.717) is 28.5 Å². The predicted molar refractivity (Wildman–Crippen MR) is 118 cm³/mol. The first kappa shape index (κ1) is 21.9. The van der Waals surface area contributed by atoms with E-state index in [1.807, 2.05) is 36.4 Å². The molecule has 0 fully saturated rings. The molecule has 1 N–H and O–H groups in total. The third kappa shape index (κ3) is 5.04. The molecule has 0 spiro atoms. The van der Waals surface area contributed by atoms with Crippen LogP contribution in [0.2, 0.25) is 0 Å².